The molecule has 7 nitrogen and oxygen atoms in total. The number of carbonyl (C=O) groups is 3. The molecule has 1 saturated carbocycles. The molecule has 0 unspecified atom stereocenters. The van der Waals surface area contributed by atoms with Gasteiger partial charge in [-0.3, -0.25) is 19.4 Å². The number of carbonyl (C=O) groups excluding carboxylic acids is 2. The Hall–Kier alpha value is -3.19. The molecule has 8 heteroatoms. The average molecular weight is 524 g/mol. The molecule has 4 rings (SSSR count). The summed E-state index contributed by atoms with van der Waals surface area (Å²) in [6.45, 7) is 5.14. The van der Waals surface area contributed by atoms with E-state index in [1.165, 1.54) is 0 Å². The molecule has 2 amide bonds. The minimum atomic E-state index is -0.954. The van der Waals surface area contributed by atoms with E-state index in [1.807, 2.05) is 29.2 Å². The van der Waals surface area contributed by atoms with E-state index in [9.17, 15) is 14.4 Å². The van der Waals surface area contributed by atoms with Crippen LogP contribution in [0.15, 0.2) is 53.5 Å². The third-order valence-electron chi connectivity index (χ3n) is 7.61. The van der Waals surface area contributed by atoms with E-state index in [0.717, 1.165) is 36.8 Å². The van der Waals surface area contributed by atoms with Crippen molar-refractivity contribution in [1.82, 2.24) is 10.2 Å². The van der Waals surface area contributed by atoms with Gasteiger partial charge in [-0.25, -0.2) is 0 Å². The zero-order valence-corrected chi connectivity index (χ0v) is 22.1. The molecule has 0 bridgehead atoms. The standard InChI is InChI=1S/C29H34ClN3O4/c1-19(2)21-10-14-29(15-11-21)32-26(23-4-3-5-24(30)18-23)28(37)33(29)17-13-20-6-8-22(9-7-20)27(36)31-16-12-25(34)35/h3-9,18-19,21H,10-17H2,1-2H3,(H,31,36)(H,34,35). The molecule has 0 saturated heterocycles. The van der Waals surface area contributed by atoms with Crippen molar-refractivity contribution in [2.75, 3.05) is 13.1 Å². The Balaban J connectivity index is 1.48. The van der Waals surface area contributed by atoms with Gasteiger partial charge in [-0.1, -0.05) is 49.7 Å². The summed E-state index contributed by atoms with van der Waals surface area (Å²) < 4.78 is 0. The van der Waals surface area contributed by atoms with Gasteiger partial charge >= 0.3 is 5.97 Å². The van der Waals surface area contributed by atoms with Crippen LogP contribution in [0, 0.1) is 11.8 Å². The molecule has 0 aromatic heterocycles. The van der Waals surface area contributed by atoms with Gasteiger partial charge in [0.2, 0.25) is 0 Å². The number of carboxylic acids is 1. The molecule has 196 valence electrons. The van der Waals surface area contributed by atoms with Crippen LogP contribution in [0.1, 0.15) is 67.4 Å². The number of hydrogen-bond acceptors (Lipinski definition) is 4. The Morgan fingerprint density at radius 1 is 1.16 bits per heavy atom. The van der Waals surface area contributed by atoms with Crippen LogP contribution in [-0.4, -0.2) is 52.3 Å². The summed E-state index contributed by atoms with van der Waals surface area (Å²) in [6, 6.07) is 14.6. The zero-order chi connectivity index (χ0) is 26.6. The molecule has 1 spiro atoms. The monoisotopic (exact) mass is 523 g/mol. The van der Waals surface area contributed by atoms with Crippen molar-refractivity contribution in [2.45, 2.75) is 58.0 Å². The number of aliphatic imine (C=N–C) groups is 1. The van der Waals surface area contributed by atoms with E-state index in [-0.39, 0.29) is 24.8 Å². The average Bonchev–Trinajstić information content (AvgIpc) is 3.13. The van der Waals surface area contributed by atoms with Crippen molar-refractivity contribution < 1.29 is 19.5 Å². The summed E-state index contributed by atoms with van der Waals surface area (Å²) in [6.07, 6.45) is 4.30. The van der Waals surface area contributed by atoms with Crippen molar-refractivity contribution in [3.05, 3.63) is 70.2 Å². The number of benzene rings is 2. The fraction of sp³-hybridized carbons (Fsp3) is 0.448. The molecule has 0 atom stereocenters. The summed E-state index contributed by atoms with van der Waals surface area (Å²) >= 11 is 6.22. The molecule has 1 fully saturated rings. The third kappa shape index (κ3) is 6.21. The number of hydrogen-bond donors (Lipinski definition) is 2. The van der Waals surface area contributed by atoms with Crippen LogP contribution >= 0.6 is 11.6 Å². The van der Waals surface area contributed by atoms with Gasteiger partial charge in [-0.2, -0.15) is 0 Å². The first-order chi connectivity index (χ1) is 17.7. The number of carboxylic acid groups (broad SMARTS) is 1. The van der Waals surface area contributed by atoms with Gasteiger partial charge in [-0.15, -0.1) is 0 Å². The van der Waals surface area contributed by atoms with Gasteiger partial charge in [0.25, 0.3) is 11.8 Å². The van der Waals surface area contributed by atoms with Crippen LogP contribution in [0.3, 0.4) is 0 Å². The highest BCUT2D eigenvalue weighted by Gasteiger charge is 2.48. The first kappa shape index (κ1) is 26.9. The predicted octanol–water partition coefficient (Wildman–Crippen LogP) is 4.96. The summed E-state index contributed by atoms with van der Waals surface area (Å²) in [5.74, 6) is -0.0611. The van der Waals surface area contributed by atoms with E-state index in [1.54, 1.807) is 24.3 Å². The first-order valence-corrected chi connectivity index (χ1v) is 13.3. The molecule has 1 aliphatic carbocycles. The highest BCUT2D eigenvalue weighted by molar-refractivity contribution is 6.47. The minimum absolute atomic E-state index is 0.0558. The highest BCUT2D eigenvalue weighted by Crippen LogP contribution is 2.43. The molecule has 2 N–H and O–H groups in total. The quantitative estimate of drug-likeness (QED) is 0.485. The Morgan fingerprint density at radius 3 is 2.49 bits per heavy atom. The number of halogens is 1. The molecule has 2 aromatic rings. The van der Waals surface area contributed by atoms with Crippen LogP contribution in [0.2, 0.25) is 5.02 Å². The smallest absolute Gasteiger partial charge is 0.305 e. The molecule has 1 aliphatic heterocycles. The second-order valence-electron chi connectivity index (χ2n) is 10.3. The number of aliphatic carboxylic acids is 1. The highest BCUT2D eigenvalue weighted by atomic mass is 35.5. The van der Waals surface area contributed by atoms with Crippen molar-refractivity contribution in [3.8, 4) is 0 Å². The Morgan fingerprint density at radius 2 is 1.86 bits per heavy atom. The molecule has 1 heterocycles. The maximum absolute atomic E-state index is 13.7. The predicted molar refractivity (Wildman–Crippen MR) is 144 cm³/mol. The van der Waals surface area contributed by atoms with Gasteiger partial charge in [-0.05, 0) is 73.8 Å². The topological polar surface area (TPSA) is 99.1 Å². The summed E-state index contributed by atoms with van der Waals surface area (Å²) in [7, 11) is 0. The lowest BCUT2D eigenvalue weighted by molar-refractivity contribution is -0.136. The Bertz CT molecular complexity index is 1180. The number of nitrogens with one attached hydrogen (secondary N) is 1. The van der Waals surface area contributed by atoms with Crippen molar-refractivity contribution in [2.24, 2.45) is 16.8 Å². The van der Waals surface area contributed by atoms with E-state index in [2.05, 4.69) is 19.2 Å². The molecular formula is C29H34ClN3O4. The largest absolute Gasteiger partial charge is 0.481 e. The molecule has 2 aromatic carbocycles. The zero-order valence-electron chi connectivity index (χ0n) is 21.4. The SMILES string of the molecule is CC(C)C1CCC2(CC1)N=C(c1cccc(Cl)c1)C(=O)N2CCc1ccc(C(=O)NCCC(=O)O)cc1. The van der Waals surface area contributed by atoms with Crippen LogP contribution < -0.4 is 5.32 Å². The van der Waals surface area contributed by atoms with Gasteiger partial charge < -0.3 is 15.3 Å². The van der Waals surface area contributed by atoms with Gasteiger partial charge in [0.15, 0.2) is 0 Å². The Labute approximate surface area is 222 Å². The second-order valence-corrected chi connectivity index (χ2v) is 10.8. The van der Waals surface area contributed by atoms with Gasteiger partial charge in [0, 0.05) is 29.2 Å². The van der Waals surface area contributed by atoms with Crippen molar-refractivity contribution >= 4 is 35.1 Å². The van der Waals surface area contributed by atoms with Crippen molar-refractivity contribution in [3.63, 3.8) is 0 Å². The fourth-order valence-corrected chi connectivity index (χ4v) is 5.56. The van der Waals surface area contributed by atoms with Crippen LogP contribution in [0.5, 0.6) is 0 Å². The second kappa shape index (κ2) is 11.5. The molecule has 2 aliphatic rings. The van der Waals surface area contributed by atoms with Gasteiger partial charge in [0.05, 0.1) is 6.42 Å². The summed E-state index contributed by atoms with van der Waals surface area (Å²) in [5.41, 5.74) is 2.20. The van der Waals surface area contributed by atoms with Gasteiger partial charge in [0.1, 0.15) is 11.4 Å². The molecular weight excluding hydrogens is 490 g/mol. The number of amides is 2. The lowest BCUT2D eigenvalue weighted by Gasteiger charge is -2.42. The molecule has 0 radical (unpaired) electrons. The maximum atomic E-state index is 13.7. The normalized spacial score (nSPS) is 21.4. The Kier molecular flexibility index (Phi) is 8.32. The lowest BCUT2D eigenvalue weighted by Crippen LogP contribution is -2.50. The summed E-state index contributed by atoms with van der Waals surface area (Å²) in [4.78, 5) is 43.6. The first-order valence-electron chi connectivity index (χ1n) is 13.0. The minimum Gasteiger partial charge on any atom is -0.481 e. The van der Waals surface area contributed by atoms with E-state index < -0.39 is 11.6 Å². The molecule has 37 heavy (non-hydrogen) atoms. The van der Waals surface area contributed by atoms with E-state index >= 15 is 0 Å². The van der Waals surface area contributed by atoms with Crippen LogP contribution in [0.25, 0.3) is 0 Å². The van der Waals surface area contributed by atoms with E-state index in [4.69, 9.17) is 21.7 Å². The number of rotatable bonds is 9. The maximum Gasteiger partial charge on any atom is 0.305 e. The fourth-order valence-electron chi connectivity index (χ4n) is 5.37. The van der Waals surface area contributed by atoms with Crippen LogP contribution in [-0.2, 0) is 16.0 Å². The van der Waals surface area contributed by atoms with E-state index in [0.29, 0.717) is 41.1 Å². The van der Waals surface area contributed by atoms with Crippen LogP contribution in [0.4, 0.5) is 0 Å². The third-order valence-corrected chi connectivity index (χ3v) is 7.84. The number of nitrogens with zero attached hydrogens (tertiary/aromatic N) is 2. The lowest BCUT2D eigenvalue weighted by atomic mass is 9.76. The van der Waals surface area contributed by atoms with Crippen molar-refractivity contribution in [1.29, 1.82) is 0 Å². The summed E-state index contributed by atoms with van der Waals surface area (Å²) in [5, 5.41) is 11.9.